The average molecular weight is 343 g/mol. The molecule has 0 aromatic heterocycles. The van der Waals surface area contributed by atoms with Gasteiger partial charge in [0.05, 0.1) is 16.8 Å². The van der Waals surface area contributed by atoms with Gasteiger partial charge in [-0.15, -0.1) is 0 Å². The molecule has 0 saturated heterocycles. The summed E-state index contributed by atoms with van der Waals surface area (Å²) in [5.74, 6) is 0.539. The Morgan fingerprint density at radius 1 is 1.16 bits per heavy atom. The van der Waals surface area contributed by atoms with Crippen LogP contribution in [0.2, 0.25) is 5.02 Å². The molecule has 2 aromatic carbocycles. The lowest BCUT2D eigenvalue weighted by Gasteiger charge is -2.11. The van der Waals surface area contributed by atoms with Crippen LogP contribution in [0.15, 0.2) is 46.9 Å². The van der Waals surface area contributed by atoms with E-state index < -0.39 is 0 Å². The molecule has 0 heterocycles. The first kappa shape index (κ1) is 14.2. The zero-order valence-corrected chi connectivity index (χ0v) is 12.4. The molecule has 0 spiro atoms. The van der Waals surface area contributed by atoms with Gasteiger partial charge in [0.2, 0.25) is 0 Å². The van der Waals surface area contributed by atoms with Crippen LogP contribution in [0.3, 0.4) is 0 Å². The molecule has 0 atom stereocenters. The van der Waals surface area contributed by atoms with Gasteiger partial charge >= 0.3 is 0 Å². The number of nitrogen functional groups attached to an aromatic ring is 1. The number of halogens is 2. The maximum Gasteiger partial charge on any atom is 0.189 e. The van der Waals surface area contributed by atoms with Crippen LogP contribution in [-0.4, -0.2) is 6.79 Å². The molecule has 0 aliphatic carbocycles. The Bertz CT molecular complexity index is 525. The first-order valence-electron chi connectivity index (χ1n) is 5.66. The van der Waals surface area contributed by atoms with E-state index in [0.717, 1.165) is 5.56 Å². The summed E-state index contributed by atoms with van der Waals surface area (Å²) in [6, 6.07) is 13.2. The lowest BCUT2D eigenvalue weighted by atomic mass is 10.2. The number of nitrogens with two attached hydrogens (primary N) is 1. The molecule has 0 amide bonds. The van der Waals surface area contributed by atoms with Crippen molar-refractivity contribution in [1.82, 2.24) is 0 Å². The van der Waals surface area contributed by atoms with Gasteiger partial charge in [-0.2, -0.15) is 0 Å². The van der Waals surface area contributed by atoms with Crippen molar-refractivity contribution >= 4 is 33.2 Å². The standard InChI is InChI=1S/C14H13BrClNO2/c15-12-6-11(16)7-13(17)14(12)19-9-18-8-10-4-2-1-3-5-10/h1-7H,8-9,17H2. The molecule has 2 aromatic rings. The summed E-state index contributed by atoms with van der Waals surface area (Å²) < 4.78 is 11.6. The van der Waals surface area contributed by atoms with E-state index in [4.69, 9.17) is 26.8 Å². The zero-order valence-electron chi connectivity index (χ0n) is 10.1. The average Bonchev–Trinajstić information content (AvgIpc) is 2.38. The summed E-state index contributed by atoms with van der Waals surface area (Å²) >= 11 is 9.22. The highest BCUT2D eigenvalue weighted by Crippen LogP contribution is 2.34. The second kappa shape index (κ2) is 6.80. The van der Waals surface area contributed by atoms with Gasteiger partial charge in [-0.1, -0.05) is 41.9 Å². The van der Waals surface area contributed by atoms with Crippen molar-refractivity contribution < 1.29 is 9.47 Å². The molecule has 3 nitrogen and oxygen atoms in total. The van der Waals surface area contributed by atoms with Crippen LogP contribution in [-0.2, 0) is 11.3 Å². The summed E-state index contributed by atoms with van der Waals surface area (Å²) in [7, 11) is 0. The van der Waals surface area contributed by atoms with Crippen molar-refractivity contribution in [2.75, 3.05) is 12.5 Å². The minimum atomic E-state index is 0.124. The molecule has 5 heteroatoms. The molecule has 0 saturated carbocycles. The van der Waals surface area contributed by atoms with Gasteiger partial charge in [0.15, 0.2) is 12.5 Å². The van der Waals surface area contributed by atoms with Crippen molar-refractivity contribution in [3.63, 3.8) is 0 Å². The summed E-state index contributed by atoms with van der Waals surface area (Å²) in [5, 5.41) is 0.557. The molecule has 0 bridgehead atoms. The van der Waals surface area contributed by atoms with Crippen LogP contribution in [0.5, 0.6) is 5.75 Å². The van der Waals surface area contributed by atoms with Gasteiger partial charge in [0.1, 0.15) is 0 Å². The molecule has 2 rings (SSSR count). The Kier molecular flexibility index (Phi) is 5.07. The Morgan fingerprint density at radius 3 is 2.58 bits per heavy atom. The third-order valence-electron chi connectivity index (χ3n) is 2.44. The normalized spacial score (nSPS) is 10.4. The molecule has 0 radical (unpaired) electrons. The SMILES string of the molecule is Nc1cc(Cl)cc(Br)c1OCOCc1ccccc1. The topological polar surface area (TPSA) is 44.5 Å². The van der Waals surface area contributed by atoms with Gasteiger partial charge in [-0.25, -0.2) is 0 Å². The quantitative estimate of drug-likeness (QED) is 0.502. The van der Waals surface area contributed by atoms with Gasteiger partial charge < -0.3 is 15.2 Å². The Hall–Kier alpha value is -1.23. The highest BCUT2D eigenvalue weighted by molar-refractivity contribution is 9.10. The van der Waals surface area contributed by atoms with Crippen molar-refractivity contribution in [3.05, 3.63) is 57.5 Å². The first-order valence-corrected chi connectivity index (χ1v) is 6.83. The molecule has 0 fully saturated rings. The minimum Gasteiger partial charge on any atom is -0.464 e. The zero-order chi connectivity index (χ0) is 13.7. The Labute approximate surface area is 125 Å². The predicted octanol–water partition coefficient (Wildman–Crippen LogP) is 4.24. The largest absolute Gasteiger partial charge is 0.464 e. The molecular formula is C14H13BrClNO2. The maximum atomic E-state index is 5.87. The lowest BCUT2D eigenvalue weighted by Crippen LogP contribution is -2.05. The van der Waals surface area contributed by atoms with Crippen molar-refractivity contribution in [2.45, 2.75) is 6.61 Å². The number of hydrogen-bond acceptors (Lipinski definition) is 3. The van der Waals surface area contributed by atoms with Gasteiger partial charge in [0.25, 0.3) is 0 Å². The van der Waals surface area contributed by atoms with E-state index >= 15 is 0 Å². The van der Waals surface area contributed by atoms with E-state index in [-0.39, 0.29) is 6.79 Å². The third-order valence-corrected chi connectivity index (χ3v) is 3.24. The number of hydrogen-bond donors (Lipinski definition) is 1. The van der Waals surface area contributed by atoms with Crippen molar-refractivity contribution in [1.29, 1.82) is 0 Å². The van der Waals surface area contributed by atoms with Crippen molar-refractivity contribution in [2.24, 2.45) is 0 Å². The summed E-state index contributed by atoms with van der Waals surface area (Å²) in [6.07, 6.45) is 0. The maximum absolute atomic E-state index is 5.87. The molecule has 100 valence electrons. The second-order valence-electron chi connectivity index (χ2n) is 3.90. The lowest BCUT2D eigenvalue weighted by molar-refractivity contribution is 0.00506. The summed E-state index contributed by atoms with van der Waals surface area (Å²) in [4.78, 5) is 0. The molecule has 19 heavy (non-hydrogen) atoms. The summed E-state index contributed by atoms with van der Waals surface area (Å²) in [6.45, 7) is 0.616. The predicted molar refractivity (Wildman–Crippen MR) is 80.3 cm³/mol. The van der Waals surface area contributed by atoms with Gasteiger partial charge in [0, 0.05) is 5.02 Å². The highest BCUT2D eigenvalue weighted by Gasteiger charge is 2.07. The van der Waals surface area contributed by atoms with E-state index in [2.05, 4.69) is 15.9 Å². The molecule has 0 unspecified atom stereocenters. The fourth-order valence-corrected chi connectivity index (χ4v) is 2.52. The van der Waals surface area contributed by atoms with E-state index in [1.54, 1.807) is 12.1 Å². The van der Waals surface area contributed by atoms with Crippen LogP contribution in [0, 0.1) is 0 Å². The van der Waals surface area contributed by atoms with Crippen LogP contribution in [0.25, 0.3) is 0 Å². The molecular weight excluding hydrogens is 330 g/mol. The smallest absolute Gasteiger partial charge is 0.189 e. The monoisotopic (exact) mass is 341 g/mol. The third kappa shape index (κ3) is 4.13. The van der Waals surface area contributed by atoms with Gasteiger partial charge in [-0.05, 0) is 33.6 Å². The van der Waals surface area contributed by atoms with E-state index in [1.807, 2.05) is 30.3 Å². The Morgan fingerprint density at radius 2 is 1.89 bits per heavy atom. The molecule has 0 aliphatic rings. The minimum absolute atomic E-state index is 0.124. The van der Waals surface area contributed by atoms with Crippen LogP contribution < -0.4 is 10.5 Å². The number of rotatable bonds is 5. The molecule has 2 N–H and O–H groups in total. The van der Waals surface area contributed by atoms with E-state index in [1.165, 1.54) is 0 Å². The fourth-order valence-electron chi connectivity index (χ4n) is 1.57. The number of benzene rings is 2. The highest BCUT2D eigenvalue weighted by atomic mass is 79.9. The first-order chi connectivity index (χ1) is 9.16. The van der Waals surface area contributed by atoms with Gasteiger partial charge in [-0.3, -0.25) is 0 Å². The second-order valence-corrected chi connectivity index (χ2v) is 5.19. The number of anilines is 1. The Balaban J connectivity index is 1.86. The fraction of sp³-hybridized carbons (Fsp3) is 0.143. The summed E-state index contributed by atoms with van der Waals surface area (Å²) in [5.41, 5.74) is 7.39. The molecule has 0 aliphatic heterocycles. The van der Waals surface area contributed by atoms with Crippen LogP contribution >= 0.6 is 27.5 Å². The van der Waals surface area contributed by atoms with Crippen LogP contribution in [0.4, 0.5) is 5.69 Å². The van der Waals surface area contributed by atoms with Crippen molar-refractivity contribution in [3.8, 4) is 5.75 Å². The number of ether oxygens (including phenoxy) is 2. The van der Waals surface area contributed by atoms with Crippen LogP contribution in [0.1, 0.15) is 5.56 Å². The van der Waals surface area contributed by atoms with E-state index in [9.17, 15) is 0 Å². The van der Waals surface area contributed by atoms with E-state index in [0.29, 0.717) is 27.5 Å².